The Bertz CT molecular complexity index is 358. The lowest BCUT2D eigenvalue weighted by Gasteiger charge is -2.27. The molecule has 0 radical (unpaired) electrons. The van der Waals surface area contributed by atoms with Gasteiger partial charge in [-0.15, -0.1) is 0 Å². The van der Waals surface area contributed by atoms with Gasteiger partial charge >= 0.3 is 0 Å². The molecule has 1 fully saturated rings. The van der Waals surface area contributed by atoms with Crippen LogP contribution in [0.1, 0.15) is 12.8 Å². The number of hydrogen-bond donors (Lipinski definition) is 2. The fourth-order valence-electron chi connectivity index (χ4n) is 2.10. The third-order valence-corrected chi connectivity index (χ3v) is 2.93. The Hall–Kier alpha value is -1.56. The van der Waals surface area contributed by atoms with E-state index in [0.29, 0.717) is 11.7 Å². The van der Waals surface area contributed by atoms with E-state index in [2.05, 4.69) is 9.97 Å². The van der Waals surface area contributed by atoms with E-state index in [0.717, 1.165) is 32.0 Å². The fraction of sp³-hybridized carbons (Fsp3) is 0.636. The molecule has 17 heavy (non-hydrogen) atoms. The van der Waals surface area contributed by atoms with Gasteiger partial charge in [0.1, 0.15) is 11.6 Å². The van der Waals surface area contributed by atoms with Gasteiger partial charge in [0.05, 0.1) is 6.61 Å². The van der Waals surface area contributed by atoms with Crippen molar-refractivity contribution in [1.82, 2.24) is 9.97 Å². The van der Waals surface area contributed by atoms with Gasteiger partial charge in [-0.3, -0.25) is 0 Å². The van der Waals surface area contributed by atoms with Crippen molar-refractivity contribution in [3.63, 3.8) is 0 Å². The average Bonchev–Trinajstić information content (AvgIpc) is 2.29. The summed E-state index contributed by atoms with van der Waals surface area (Å²) in [5, 5.41) is 0. The summed E-state index contributed by atoms with van der Waals surface area (Å²) in [6.07, 6.45) is 2.33. The highest BCUT2D eigenvalue weighted by atomic mass is 16.5. The maximum absolute atomic E-state index is 5.65. The highest BCUT2D eigenvalue weighted by Crippen LogP contribution is 2.19. The van der Waals surface area contributed by atoms with Gasteiger partial charge in [0.25, 0.3) is 0 Å². The first kappa shape index (κ1) is 11.9. The van der Waals surface area contributed by atoms with Crippen LogP contribution in [-0.4, -0.2) is 36.8 Å². The lowest BCUT2D eigenvalue weighted by Crippen LogP contribution is -2.31. The van der Waals surface area contributed by atoms with Crippen LogP contribution in [0.2, 0.25) is 0 Å². The van der Waals surface area contributed by atoms with Crippen molar-refractivity contribution in [2.75, 3.05) is 43.2 Å². The molecule has 0 amide bonds. The lowest BCUT2D eigenvalue weighted by molar-refractivity contribution is 0.0576. The molecule has 2 heterocycles. The van der Waals surface area contributed by atoms with Crippen LogP contribution in [0, 0.1) is 5.92 Å². The summed E-state index contributed by atoms with van der Waals surface area (Å²) in [5.41, 5.74) is 11.2. The average molecular weight is 237 g/mol. The predicted octanol–water partition coefficient (Wildman–Crippen LogP) is 0.504. The van der Waals surface area contributed by atoms with Gasteiger partial charge < -0.3 is 21.1 Å². The predicted molar refractivity (Wildman–Crippen MR) is 67.7 cm³/mol. The van der Waals surface area contributed by atoms with E-state index < -0.39 is 0 Å². The van der Waals surface area contributed by atoms with Crippen molar-refractivity contribution < 1.29 is 4.74 Å². The van der Waals surface area contributed by atoms with Crippen molar-refractivity contribution in [1.29, 1.82) is 0 Å². The smallest absolute Gasteiger partial charge is 0.223 e. The molecular weight excluding hydrogens is 218 g/mol. The molecule has 0 aliphatic carbocycles. The molecule has 1 unspecified atom stereocenters. The first-order valence-electron chi connectivity index (χ1n) is 5.84. The Morgan fingerprint density at radius 2 is 2.29 bits per heavy atom. The molecule has 6 heteroatoms. The summed E-state index contributed by atoms with van der Waals surface area (Å²) in [6.45, 7) is 2.60. The quantitative estimate of drug-likeness (QED) is 0.795. The third kappa shape index (κ3) is 3.20. The van der Waals surface area contributed by atoms with Gasteiger partial charge in [-0.2, -0.15) is 9.97 Å². The Labute approximate surface area is 101 Å². The molecular formula is C11H19N5O. The highest BCUT2D eigenvalue weighted by molar-refractivity contribution is 5.49. The number of nitrogens with zero attached hydrogens (tertiary/aromatic N) is 3. The number of anilines is 3. The number of rotatable bonds is 3. The van der Waals surface area contributed by atoms with Gasteiger partial charge in [0, 0.05) is 26.3 Å². The third-order valence-electron chi connectivity index (χ3n) is 2.93. The first-order valence-corrected chi connectivity index (χ1v) is 5.84. The number of ether oxygens (including phenoxy) is 1. The van der Waals surface area contributed by atoms with Crippen molar-refractivity contribution in [3.8, 4) is 0 Å². The molecule has 1 aliphatic heterocycles. The summed E-state index contributed by atoms with van der Waals surface area (Å²) in [4.78, 5) is 10.1. The number of aromatic nitrogens is 2. The molecule has 0 spiro atoms. The highest BCUT2D eigenvalue weighted by Gasteiger charge is 2.17. The number of nitrogens with two attached hydrogens (primary N) is 2. The molecule has 1 saturated heterocycles. The second-order valence-electron chi connectivity index (χ2n) is 4.47. The van der Waals surface area contributed by atoms with Gasteiger partial charge in [-0.25, -0.2) is 0 Å². The summed E-state index contributed by atoms with van der Waals surface area (Å²) in [7, 11) is 1.98. The Balaban J connectivity index is 2.00. The summed E-state index contributed by atoms with van der Waals surface area (Å²) in [6, 6.07) is 1.74. The summed E-state index contributed by atoms with van der Waals surface area (Å²) >= 11 is 0. The first-order chi connectivity index (χ1) is 8.15. The molecule has 1 aromatic rings. The van der Waals surface area contributed by atoms with Crippen LogP contribution in [0.25, 0.3) is 0 Å². The molecule has 2 rings (SSSR count). The van der Waals surface area contributed by atoms with E-state index in [1.165, 1.54) is 6.42 Å². The van der Waals surface area contributed by atoms with Crippen LogP contribution in [0.15, 0.2) is 6.07 Å². The SMILES string of the molecule is CN(CC1CCCOC1)c1cc(N)nc(N)n1. The van der Waals surface area contributed by atoms with Crippen LogP contribution in [0.5, 0.6) is 0 Å². The van der Waals surface area contributed by atoms with Gasteiger partial charge in [-0.05, 0) is 18.8 Å². The van der Waals surface area contributed by atoms with Crippen molar-refractivity contribution in [3.05, 3.63) is 6.07 Å². The Morgan fingerprint density at radius 1 is 1.47 bits per heavy atom. The minimum atomic E-state index is 0.215. The molecule has 94 valence electrons. The van der Waals surface area contributed by atoms with E-state index in [-0.39, 0.29) is 5.95 Å². The minimum absolute atomic E-state index is 0.215. The molecule has 0 aromatic carbocycles. The summed E-state index contributed by atoms with van der Waals surface area (Å²) in [5.74, 6) is 1.93. The molecule has 1 aliphatic rings. The van der Waals surface area contributed by atoms with E-state index in [1.807, 2.05) is 11.9 Å². The second-order valence-corrected chi connectivity index (χ2v) is 4.47. The molecule has 0 bridgehead atoms. The van der Waals surface area contributed by atoms with Gasteiger partial charge in [0.15, 0.2) is 0 Å². The van der Waals surface area contributed by atoms with Gasteiger partial charge in [-0.1, -0.05) is 0 Å². The van der Waals surface area contributed by atoms with Crippen LogP contribution in [0.4, 0.5) is 17.6 Å². The largest absolute Gasteiger partial charge is 0.383 e. The van der Waals surface area contributed by atoms with Crippen molar-refractivity contribution in [2.45, 2.75) is 12.8 Å². The van der Waals surface area contributed by atoms with E-state index in [4.69, 9.17) is 16.2 Å². The topological polar surface area (TPSA) is 90.3 Å². The maximum atomic E-state index is 5.65. The van der Waals surface area contributed by atoms with Crippen LogP contribution < -0.4 is 16.4 Å². The van der Waals surface area contributed by atoms with Crippen molar-refractivity contribution >= 4 is 17.6 Å². The Kier molecular flexibility index (Phi) is 3.63. The Morgan fingerprint density at radius 3 is 2.94 bits per heavy atom. The molecule has 1 atom stereocenters. The van der Waals surface area contributed by atoms with Crippen LogP contribution in [0.3, 0.4) is 0 Å². The lowest BCUT2D eigenvalue weighted by atomic mass is 10.0. The van der Waals surface area contributed by atoms with Crippen LogP contribution >= 0.6 is 0 Å². The zero-order valence-corrected chi connectivity index (χ0v) is 10.1. The molecule has 6 nitrogen and oxygen atoms in total. The van der Waals surface area contributed by atoms with E-state index in [1.54, 1.807) is 6.07 Å². The standard InChI is InChI=1S/C11H19N5O/c1-16(6-8-3-2-4-17-7-8)10-5-9(12)14-11(13)15-10/h5,8H,2-4,6-7H2,1H3,(H4,12,13,14,15). The zero-order valence-electron chi connectivity index (χ0n) is 10.1. The number of hydrogen-bond acceptors (Lipinski definition) is 6. The van der Waals surface area contributed by atoms with Crippen LogP contribution in [-0.2, 0) is 4.74 Å². The summed E-state index contributed by atoms with van der Waals surface area (Å²) < 4.78 is 5.46. The van der Waals surface area contributed by atoms with E-state index in [9.17, 15) is 0 Å². The maximum Gasteiger partial charge on any atom is 0.223 e. The molecule has 1 aromatic heterocycles. The monoisotopic (exact) mass is 237 g/mol. The van der Waals surface area contributed by atoms with Crippen molar-refractivity contribution in [2.24, 2.45) is 5.92 Å². The number of nitrogen functional groups attached to an aromatic ring is 2. The minimum Gasteiger partial charge on any atom is -0.383 e. The van der Waals surface area contributed by atoms with E-state index >= 15 is 0 Å². The zero-order chi connectivity index (χ0) is 12.3. The molecule has 0 saturated carbocycles. The normalized spacial score (nSPS) is 20.2. The second kappa shape index (κ2) is 5.18. The fourth-order valence-corrected chi connectivity index (χ4v) is 2.10. The van der Waals surface area contributed by atoms with Gasteiger partial charge in [0.2, 0.25) is 5.95 Å². The molecule has 4 N–H and O–H groups in total.